The molecular weight excluding hydrogens is 340 g/mol. The van der Waals surface area contributed by atoms with Gasteiger partial charge in [-0.15, -0.1) is 0 Å². The first kappa shape index (κ1) is 18.2. The summed E-state index contributed by atoms with van der Waals surface area (Å²) >= 11 is 0. The number of nitrogens with one attached hydrogen (secondary N) is 2. The van der Waals surface area contributed by atoms with Crippen LogP contribution in [0.3, 0.4) is 0 Å². The molecule has 2 amide bonds. The number of carbonyl (C=O) groups excluding carboxylic acids is 2. The summed E-state index contributed by atoms with van der Waals surface area (Å²) in [6.45, 7) is 1.93. The minimum absolute atomic E-state index is 0.218. The summed E-state index contributed by atoms with van der Waals surface area (Å²) < 4.78 is 5.32. The van der Waals surface area contributed by atoms with Gasteiger partial charge in [0.15, 0.2) is 0 Å². The SMILES string of the molecule is COc1ccc(NC(=O)c2cccc(C)c2)cc1NC(=O)c1ccccc1. The van der Waals surface area contributed by atoms with Gasteiger partial charge < -0.3 is 15.4 Å². The fraction of sp³-hybridized carbons (Fsp3) is 0.0909. The molecule has 3 aromatic rings. The molecule has 3 rings (SSSR count). The van der Waals surface area contributed by atoms with Crippen molar-refractivity contribution in [2.45, 2.75) is 6.92 Å². The van der Waals surface area contributed by atoms with Crippen molar-refractivity contribution in [3.05, 3.63) is 89.5 Å². The molecule has 0 bridgehead atoms. The molecule has 0 aromatic heterocycles. The lowest BCUT2D eigenvalue weighted by molar-refractivity contribution is 0.101. The van der Waals surface area contributed by atoms with Crippen LogP contribution in [0.4, 0.5) is 11.4 Å². The molecule has 0 aliphatic carbocycles. The molecule has 0 radical (unpaired) electrons. The molecular formula is C22H20N2O3. The number of ether oxygens (including phenoxy) is 1. The number of aryl methyl sites for hydroxylation is 1. The molecule has 0 fully saturated rings. The predicted octanol–water partition coefficient (Wildman–Crippen LogP) is 4.51. The Hall–Kier alpha value is -3.60. The van der Waals surface area contributed by atoms with Gasteiger partial charge in [-0.1, -0.05) is 35.9 Å². The van der Waals surface area contributed by atoms with Crippen molar-refractivity contribution in [2.24, 2.45) is 0 Å². The summed E-state index contributed by atoms with van der Waals surface area (Å²) in [5.41, 5.74) is 3.15. The Morgan fingerprint density at radius 1 is 0.778 bits per heavy atom. The van der Waals surface area contributed by atoms with E-state index in [1.807, 2.05) is 31.2 Å². The van der Waals surface area contributed by atoms with Crippen LogP contribution in [0.5, 0.6) is 5.75 Å². The second-order valence-corrected chi connectivity index (χ2v) is 6.06. The first-order chi connectivity index (χ1) is 13.1. The molecule has 0 atom stereocenters. The summed E-state index contributed by atoms with van der Waals surface area (Å²) in [6, 6.07) is 21.3. The van der Waals surface area contributed by atoms with Gasteiger partial charge in [0.25, 0.3) is 11.8 Å². The first-order valence-electron chi connectivity index (χ1n) is 8.49. The second-order valence-electron chi connectivity index (χ2n) is 6.06. The zero-order valence-corrected chi connectivity index (χ0v) is 15.2. The average Bonchev–Trinajstić information content (AvgIpc) is 2.69. The van der Waals surface area contributed by atoms with Crippen LogP contribution in [0.25, 0.3) is 0 Å². The summed E-state index contributed by atoms with van der Waals surface area (Å²) in [6.07, 6.45) is 0. The lowest BCUT2D eigenvalue weighted by Crippen LogP contribution is -2.14. The standard InChI is InChI=1S/C22H20N2O3/c1-15-7-6-10-17(13-15)22(26)23-18-11-12-20(27-2)19(14-18)24-21(25)16-8-4-3-5-9-16/h3-14H,1-2H3,(H,23,26)(H,24,25). The van der Waals surface area contributed by atoms with Gasteiger partial charge in [-0.25, -0.2) is 0 Å². The Balaban J connectivity index is 1.81. The van der Waals surface area contributed by atoms with E-state index in [9.17, 15) is 9.59 Å². The molecule has 3 aromatic carbocycles. The molecule has 0 saturated carbocycles. The number of carbonyl (C=O) groups is 2. The van der Waals surface area contributed by atoms with E-state index in [0.29, 0.717) is 28.3 Å². The largest absolute Gasteiger partial charge is 0.495 e. The van der Waals surface area contributed by atoms with Crippen molar-refractivity contribution in [1.82, 2.24) is 0 Å². The van der Waals surface area contributed by atoms with Gasteiger partial charge in [0.2, 0.25) is 0 Å². The highest BCUT2D eigenvalue weighted by Crippen LogP contribution is 2.28. The van der Waals surface area contributed by atoms with E-state index in [1.54, 1.807) is 48.5 Å². The van der Waals surface area contributed by atoms with Gasteiger partial charge in [-0.2, -0.15) is 0 Å². The highest BCUT2D eigenvalue weighted by Gasteiger charge is 2.12. The molecule has 27 heavy (non-hydrogen) atoms. The summed E-state index contributed by atoms with van der Waals surface area (Å²) in [5, 5.41) is 5.67. The third-order valence-corrected chi connectivity index (χ3v) is 4.02. The van der Waals surface area contributed by atoms with E-state index in [1.165, 1.54) is 7.11 Å². The zero-order chi connectivity index (χ0) is 19.2. The third-order valence-electron chi connectivity index (χ3n) is 4.02. The normalized spacial score (nSPS) is 10.1. The maximum Gasteiger partial charge on any atom is 0.255 e. The number of amides is 2. The van der Waals surface area contributed by atoms with Crippen molar-refractivity contribution in [3.8, 4) is 5.75 Å². The first-order valence-corrected chi connectivity index (χ1v) is 8.49. The number of hydrogen-bond acceptors (Lipinski definition) is 3. The Kier molecular flexibility index (Phi) is 5.52. The molecule has 0 aliphatic heterocycles. The monoisotopic (exact) mass is 360 g/mol. The minimum atomic E-state index is -0.254. The summed E-state index contributed by atoms with van der Waals surface area (Å²) in [5.74, 6) is 0.0353. The van der Waals surface area contributed by atoms with E-state index in [4.69, 9.17) is 4.74 Å². The number of methoxy groups -OCH3 is 1. The highest BCUT2D eigenvalue weighted by molar-refractivity contribution is 6.07. The Morgan fingerprint density at radius 2 is 1.48 bits per heavy atom. The van der Waals surface area contributed by atoms with Crippen LogP contribution in [0, 0.1) is 6.92 Å². The summed E-state index contributed by atoms with van der Waals surface area (Å²) in [4.78, 5) is 24.9. The lowest BCUT2D eigenvalue weighted by Gasteiger charge is -2.13. The molecule has 0 unspecified atom stereocenters. The second kappa shape index (κ2) is 8.19. The van der Waals surface area contributed by atoms with Gasteiger partial charge in [0.05, 0.1) is 12.8 Å². The number of anilines is 2. The third kappa shape index (κ3) is 4.52. The highest BCUT2D eigenvalue weighted by atomic mass is 16.5. The Bertz CT molecular complexity index is 968. The van der Waals surface area contributed by atoms with E-state index in [0.717, 1.165) is 5.56 Å². The maximum atomic E-state index is 12.4. The molecule has 5 heteroatoms. The van der Waals surface area contributed by atoms with Crippen molar-refractivity contribution in [3.63, 3.8) is 0 Å². The molecule has 2 N–H and O–H groups in total. The van der Waals surface area contributed by atoms with Crippen LogP contribution in [-0.4, -0.2) is 18.9 Å². The number of rotatable bonds is 5. The van der Waals surface area contributed by atoms with Gasteiger partial charge >= 0.3 is 0 Å². The molecule has 0 aliphatic rings. The molecule has 0 saturated heterocycles. The molecule has 0 heterocycles. The van der Waals surface area contributed by atoms with Gasteiger partial charge in [0, 0.05) is 16.8 Å². The van der Waals surface area contributed by atoms with Crippen molar-refractivity contribution in [1.29, 1.82) is 0 Å². The van der Waals surface area contributed by atoms with Crippen molar-refractivity contribution < 1.29 is 14.3 Å². The predicted molar refractivity (Wildman–Crippen MR) is 107 cm³/mol. The van der Waals surface area contributed by atoms with Crippen LogP contribution >= 0.6 is 0 Å². The van der Waals surface area contributed by atoms with E-state index < -0.39 is 0 Å². The van der Waals surface area contributed by atoms with Crippen LogP contribution in [0.2, 0.25) is 0 Å². The molecule has 5 nitrogen and oxygen atoms in total. The maximum absolute atomic E-state index is 12.4. The van der Waals surface area contributed by atoms with Gasteiger partial charge in [-0.05, 0) is 49.4 Å². The Labute approximate surface area is 158 Å². The van der Waals surface area contributed by atoms with E-state index in [2.05, 4.69) is 10.6 Å². The molecule has 0 spiro atoms. The van der Waals surface area contributed by atoms with Crippen LogP contribution in [0.1, 0.15) is 26.3 Å². The number of benzene rings is 3. The topological polar surface area (TPSA) is 67.4 Å². The Morgan fingerprint density at radius 3 is 2.19 bits per heavy atom. The zero-order valence-electron chi connectivity index (χ0n) is 15.2. The average molecular weight is 360 g/mol. The summed E-state index contributed by atoms with van der Waals surface area (Å²) in [7, 11) is 1.53. The fourth-order valence-corrected chi connectivity index (χ4v) is 2.66. The minimum Gasteiger partial charge on any atom is -0.495 e. The van der Waals surface area contributed by atoms with Crippen LogP contribution < -0.4 is 15.4 Å². The van der Waals surface area contributed by atoms with Crippen molar-refractivity contribution in [2.75, 3.05) is 17.7 Å². The van der Waals surface area contributed by atoms with Gasteiger partial charge in [-0.3, -0.25) is 9.59 Å². The van der Waals surface area contributed by atoms with Gasteiger partial charge in [0.1, 0.15) is 5.75 Å². The fourth-order valence-electron chi connectivity index (χ4n) is 2.66. The molecule has 136 valence electrons. The van der Waals surface area contributed by atoms with E-state index in [-0.39, 0.29) is 11.8 Å². The quantitative estimate of drug-likeness (QED) is 0.703. The van der Waals surface area contributed by atoms with Crippen LogP contribution in [-0.2, 0) is 0 Å². The smallest absolute Gasteiger partial charge is 0.255 e. The van der Waals surface area contributed by atoms with Crippen LogP contribution in [0.15, 0.2) is 72.8 Å². The van der Waals surface area contributed by atoms with Crippen molar-refractivity contribution >= 4 is 23.2 Å². The lowest BCUT2D eigenvalue weighted by atomic mass is 10.1. The van der Waals surface area contributed by atoms with E-state index >= 15 is 0 Å². The number of hydrogen-bond donors (Lipinski definition) is 2.